The van der Waals surface area contributed by atoms with Crippen molar-refractivity contribution in [3.05, 3.63) is 20.1 Å². The summed E-state index contributed by atoms with van der Waals surface area (Å²) >= 11 is 7.56. The highest BCUT2D eigenvalue weighted by molar-refractivity contribution is 9.13. The molecule has 2 aliphatic heterocycles. The van der Waals surface area contributed by atoms with Crippen molar-refractivity contribution in [3.8, 4) is 11.5 Å². The van der Waals surface area contributed by atoms with Crippen molar-refractivity contribution in [3.63, 3.8) is 0 Å². The molecule has 5 nitrogen and oxygen atoms in total. The monoisotopic (exact) mass is 637 g/mol. The number of nitrogens with zero attached hydrogens (tertiary/aromatic N) is 1. The number of halogens is 2. The molecule has 204 valence electrons. The zero-order valence-electron chi connectivity index (χ0n) is 22.8. The smallest absolute Gasteiger partial charge is 0.173 e. The maximum absolute atomic E-state index is 12.5. The Bertz CT molecular complexity index is 1180. The second-order valence-electron chi connectivity index (χ2n) is 14.0. The summed E-state index contributed by atoms with van der Waals surface area (Å²) in [4.78, 5) is 2.82. The van der Waals surface area contributed by atoms with Gasteiger partial charge in [-0.3, -0.25) is 4.90 Å². The Hall–Kier alpha value is -0.340. The second-order valence-corrected chi connectivity index (χ2v) is 15.6. The van der Waals surface area contributed by atoms with E-state index in [-0.39, 0.29) is 34.0 Å². The SMILES string of the molecule is CCC(C)(C)[C@@](C)(O)[C@H]1C[C@@]23CC[C@]1(OC)[C@@H]1Oc4c(O)c(Br)c(Br)c5c4[C@@]12CCN(CC1CC1)[C@@H]3C5. The Morgan fingerprint density at radius 3 is 2.51 bits per heavy atom. The van der Waals surface area contributed by atoms with Crippen LogP contribution >= 0.6 is 31.9 Å². The first kappa shape index (κ1) is 25.6. The van der Waals surface area contributed by atoms with Crippen LogP contribution in [0.3, 0.4) is 0 Å². The maximum Gasteiger partial charge on any atom is 0.173 e. The third kappa shape index (κ3) is 2.78. The third-order valence-corrected chi connectivity index (χ3v) is 14.9. The van der Waals surface area contributed by atoms with Gasteiger partial charge in [0.15, 0.2) is 11.5 Å². The first-order valence-electron chi connectivity index (χ1n) is 14.3. The van der Waals surface area contributed by atoms with E-state index in [2.05, 4.69) is 64.5 Å². The number of phenolic OH excluding ortho intramolecular Hbond substituents is 1. The van der Waals surface area contributed by atoms with Gasteiger partial charge in [0.2, 0.25) is 0 Å². The average molecular weight is 639 g/mol. The van der Waals surface area contributed by atoms with Gasteiger partial charge in [0, 0.05) is 46.5 Å². The van der Waals surface area contributed by atoms with Crippen LogP contribution in [0.5, 0.6) is 11.5 Å². The van der Waals surface area contributed by atoms with Crippen LogP contribution in [0.1, 0.15) is 83.8 Å². The van der Waals surface area contributed by atoms with Gasteiger partial charge in [-0.05, 0) is 114 Å². The number of likely N-dealkylation sites (tertiary alicyclic amines) is 1. The Kier molecular flexibility index (Phi) is 5.32. The number of aliphatic hydroxyl groups is 1. The fourth-order valence-electron chi connectivity index (χ4n) is 9.96. The Balaban J connectivity index is 1.49. The summed E-state index contributed by atoms with van der Waals surface area (Å²) in [5, 5.41) is 23.9. The van der Waals surface area contributed by atoms with Crippen molar-refractivity contribution in [2.45, 2.75) is 108 Å². The van der Waals surface area contributed by atoms with Crippen LogP contribution in [0.4, 0.5) is 0 Å². The molecule has 0 unspecified atom stereocenters. The number of piperidine rings is 1. The summed E-state index contributed by atoms with van der Waals surface area (Å²) in [7, 11) is 1.83. The van der Waals surface area contributed by atoms with Crippen molar-refractivity contribution in [1.29, 1.82) is 0 Å². The van der Waals surface area contributed by atoms with E-state index in [9.17, 15) is 10.2 Å². The van der Waals surface area contributed by atoms with Gasteiger partial charge in [0.1, 0.15) is 11.7 Å². The normalized spacial score (nSPS) is 41.4. The second kappa shape index (κ2) is 7.69. The number of hydrogen-bond donors (Lipinski definition) is 2. The van der Waals surface area contributed by atoms with Crippen LogP contribution in [0.25, 0.3) is 0 Å². The minimum Gasteiger partial charge on any atom is -0.503 e. The number of fused-ring (bicyclic) bond motifs is 2. The Morgan fingerprint density at radius 1 is 1.14 bits per heavy atom. The number of ether oxygens (including phenoxy) is 2. The molecule has 2 heterocycles. The van der Waals surface area contributed by atoms with Crippen molar-refractivity contribution >= 4 is 31.9 Å². The molecule has 0 aromatic heterocycles. The van der Waals surface area contributed by atoms with Gasteiger partial charge in [-0.25, -0.2) is 0 Å². The highest BCUT2D eigenvalue weighted by Crippen LogP contribution is 2.79. The van der Waals surface area contributed by atoms with Gasteiger partial charge in [0.25, 0.3) is 0 Å². The lowest BCUT2D eigenvalue weighted by Crippen LogP contribution is -2.83. The Morgan fingerprint density at radius 2 is 1.86 bits per heavy atom. The van der Waals surface area contributed by atoms with E-state index in [4.69, 9.17) is 9.47 Å². The molecule has 4 bridgehead atoms. The van der Waals surface area contributed by atoms with Gasteiger partial charge in [0.05, 0.1) is 10.1 Å². The number of hydrogen-bond acceptors (Lipinski definition) is 5. The molecule has 7 atom stereocenters. The number of phenols is 1. The predicted octanol–water partition coefficient (Wildman–Crippen LogP) is 6.33. The molecule has 1 saturated heterocycles. The fourth-order valence-corrected chi connectivity index (χ4v) is 10.9. The summed E-state index contributed by atoms with van der Waals surface area (Å²) in [6, 6.07) is 0.400. The zero-order valence-corrected chi connectivity index (χ0v) is 26.0. The maximum atomic E-state index is 12.5. The van der Waals surface area contributed by atoms with E-state index >= 15 is 0 Å². The molecule has 7 aliphatic rings. The van der Waals surface area contributed by atoms with Crippen molar-refractivity contribution in [2.75, 3.05) is 20.2 Å². The molecule has 5 fully saturated rings. The predicted molar refractivity (Wildman–Crippen MR) is 150 cm³/mol. The van der Waals surface area contributed by atoms with Crippen LogP contribution in [0, 0.1) is 22.7 Å². The number of aromatic hydroxyl groups is 1. The topological polar surface area (TPSA) is 62.2 Å². The molecule has 1 aromatic carbocycles. The van der Waals surface area contributed by atoms with Crippen molar-refractivity contribution in [2.24, 2.45) is 22.7 Å². The molecule has 0 amide bonds. The minimum atomic E-state index is -0.927. The van der Waals surface area contributed by atoms with E-state index in [0.29, 0.717) is 16.3 Å². The van der Waals surface area contributed by atoms with Crippen LogP contribution in [-0.4, -0.2) is 58.7 Å². The van der Waals surface area contributed by atoms with Gasteiger partial charge in [-0.15, -0.1) is 0 Å². The summed E-state index contributed by atoms with van der Waals surface area (Å²) in [6.07, 6.45) is 8.26. The van der Waals surface area contributed by atoms with Crippen molar-refractivity contribution in [1.82, 2.24) is 4.90 Å². The molecular formula is C30H41Br2NO4. The number of rotatable bonds is 6. The molecule has 2 spiro atoms. The fraction of sp³-hybridized carbons (Fsp3) is 0.800. The van der Waals surface area contributed by atoms with E-state index in [1.807, 2.05) is 7.11 Å². The highest BCUT2D eigenvalue weighted by atomic mass is 79.9. The lowest BCUT2D eigenvalue weighted by Gasteiger charge is -2.75. The van der Waals surface area contributed by atoms with Gasteiger partial charge < -0.3 is 19.7 Å². The lowest BCUT2D eigenvalue weighted by molar-refractivity contribution is -0.313. The largest absolute Gasteiger partial charge is 0.503 e. The summed E-state index contributed by atoms with van der Waals surface area (Å²) in [6.45, 7) is 10.9. The van der Waals surface area contributed by atoms with Crippen molar-refractivity contribution < 1.29 is 19.7 Å². The van der Waals surface area contributed by atoms with Gasteiger partial charge in [-0.2, -0.15) is 0 Å². The minimum absolute atomic E-state index is 0.0124. The summed E-state index contributed by atoms with van der Waals surface area (Å²) in [5.41, 5.74) is 0.507. The first-order valence-corrected chi connectivity index (χ1v) is 15.9. The number of benzene rings is 1. The molecule has 7 heteroatoms. The van der Waals surface area contributed by atoms with E-state index in [1.54, 1.807) is 0 Å². The van der Waals surface area contributed by atoms with Gasteiger partial charge >= 0.3 is 0 Å². The van der Waals surface area contributed by atoms with E-state index in [0.717, 1.165) is 55.5 Å². The van der Waals surface area contributed by atoms with Crippen LogP contribution in [0.15, 0.2) is 8.95 Å². The van der Waals surface area contributed by atoms with Gasteiger partial charge in [-0.1, -0.05) is 20.8 Å². The zero-order chi connectivity index (χ0) is 26.3. The standard InChI is InChI=1S/C30H41Br2NO4/c1-6-26(2,3)27(4,35)18-14-28-9-10-30(18,36-5)25-29(28)11-12-33(15-16-7-8-16)19(28)13-17-20(29)24(37-25)23(34)22(32)21(17)31/h16,18-19,25,34-35H,6-15H2,1-5H3/t18-,19-,25-,27+,28-,29+,30-/m1/s1. The first-order chi connectivity index (χ1) is 17.4. The van der Waals surface area contributed by atoms with E-state index < -0.39 is 11.2 Å². The molecule has 1 aromatic rings. The third-order valence-electron chi connectivity index (χ3n) is 12.8. The molecule has 8 rings (SSSR count). The van der Waals surface area contributed by atoms with E-state index in [1.165, 1.54) is 30.5 Å². The average Bonchev–Trinajstić information content (AvgIpc) is 3.63. The molecule has 37 heavy (non-hydrogen) atoms. The quantitative estimate of drug-likeness (QED) is 0.381. The molecule has 4 saturated carbocycles. The molecular weight excluding hydrogens is 598 g/mol. The Labute approximate surface area is 237 Å². The molecule has 0 radical (unpaired) electrons. The van der Waals surface area contributed by atoms with Crippen LogP contribution < -0.4 is 4.74 Å². The van der Waals surface area contributed by atoms with Crippen LogP contribution in [-0.2, 0) is 16.6 Å². The molecule has 5 aliphatic carbocycles. The molecule has 2 N–H and O–H groups in total. The lowest BCUT2D eigenvalue weighted by atomic mass is 9.33. The highest BCUT2D eigenvalue weighted by Gasteiger charge is 2.82. The number of methoxy groups -OCH3 is 1. The summed E-state index contributed by atoms with van der Waals surface area (Å²) in [5.74, 6) is 1.63. The summed E-state index contributed by atoms with van der Waals surface area (Å²) < 4.78 is 15.3. The van der Waals surface area contributed by atoms with Crippen LogP contribution in [0.2, 0.25) is 0 Å².